The van der Waals surface area contributed by atoms with Gasteiger partial charge < -0.3 is 5.32 Å². The molecule has 0 radical (unpaired) electrons. The monoisotopic (exact) mass is 151 g/mol. The van der Waals surface area contributed by atoms with E-state index in [1.54, 1.807) is 0 Å². The van der Waals surface area contributed by atoms with E-state index in [0.29, 0.717) is 6.04 Å². The van der Waals surface area contributed by atoms with Crippen LogP contribution in [-0.4, -0.2) is 6.04 Å². The lowest BCUT2D eigenvalue weighted by Crippen LogP contribution is -2.26. The Morgan fingerprint density at radius 3 is 3.18 bits per heavy atom. The fraction of sp³-hybridized carbons (Fsp3) is 0.700. The van der Waals surface area contributed by atoms with E-state index in [1.807, 2.05) is 0 Å². The Balaban J connectivity index is 2.37. The van der Waals surface area contributed by atoms with Gasteiger partial charge in [0.05, 0.1) is 5.70 Å². The highest BCUT2D eigenvalue weighted by Gasteiger charge is 2.04. The first-order chi connectivity index (χ1) is 5.33. The van der Waals surface area contributed by atoms with E-state index in [1.165, 1.54) is 18.5 Å². The second-order valence-electron chi connectivity index (χ2n) is 3.21. The molecule has 0 aromatic heterocycles. The van der Waals surface area contributed by atoms with Crippen molar-refractivity contribution < 1.29 is 0 Å². The number of nitrogens with one attached hydrogen (secondary N) is 1. The molecule has 1 rings (SSSR count). The number of hydrogen-bond donors (Lipinski definition) is 1. The third-order valence-corrected chi connectivity index (χ3v) is 1.95. The number of hydrogen-bond acceptors (Lipinski definition) is 1. The van der Waals surface area contributed by atoms with Gasteiger partial charge in [0.2, 0.25) is 0 Å². The minimum absolute atomic E-state index is 0.614. The standard InChI is InChI=1S/C10H17N/c1-3-4-7-10-8-5-6-9(2)11-10/h5,9,11H,3-4,6-7H2,1-2H3. The Morgan fingerprint density at radius 2 is 2.55 bits per heavy atom. The maximum atomic E-state index is 3.43. The molecule has 1 nitrogen and oxygen atoms in total. The van der Waals surface area contributed by atoms with Gasteiger partial charge in [-0.1, -0.05) is 13.3 Å². The molecule has 0 saturated heterocycles. The van der Waals surface area contributed by atoms with Crippen LogP contribution in [0.4, 0.5) is 0 Å². The zero-order valence-electron chi connectivity index (χ0n) is 7.48. The Kier molecular flexibility index (Phi) is 3.25. The number of rotatable bonds is 3. The SMILES string of the molecule is CCCCC1=C=CCC(C)N1. The van der Waals surface area contributed by atoms with Crippen LogP contribution in [0.25, 0.3) is 0 Å². The average Bonchev–Trinajstić information content (AvgIpc) is 2.01. The molecule has 1 aliphatic heterocycles. The average molecular weight is 151 g/mol. The van der Waals surface area contributed by atoms with E-state index >= 15 is 0 Å². The van der Waals surface area contributed by atoms with Gasteiger partial charge in [-0.05, 0) is 32.3 Å². The lowest BCUT2D eigenvalue weighted by Gasteiger charge is -2.17. The minimum atomic E-state index is 0.614. The fourth-order valence-electron chi connectivity index (χ4n) is 1.25. The van der Waals surface area contributed by atoms with E-state index in [2.05, 4.69) is 31.0 Å². The molecule has 1 heterocycles. The Labute approximate surface area is 69.2 Å². The van der Waals surface area contributed by atoms with Crippen molar-refractivity contribution in [2.45, 2.75) is 45.6 Å². The maximum absolute atomic E-state index is 3.43. The van der Waals surface area contributed by atoms with Crippen LogP contribution in [0.3, 0.4) is 0 Å². The summed E-state index contributed by atoms with van der Waals surface area (Å²) in [4.78, 5) is 0. The van der Waals surface area contributed by atoms with Crippen LogP contribution in [0.1, 0.15) is 39.5 Å². The summed E-state index contributed by atoms with van der Waals surface area (Å²) < 4.78 is 0. The summed E-state index contributed by atoms with van der Waals surface area (Å²) >= 11 is 0. The molecule has 0 amide bonds. The summed E-state index contributed by atoms with van der Waals surface area (Å²) in [7, 11) is 0. The van der Waals surface area contributed by atoms with Crippen molar-refractivity contribution in [3.05, 3.63) is 17.5 Å². The van der Waals surface area contributed by atoms with Gasteiger partial charge in [0.1, 0.15) is 0 Å². The molecule has 11 heavy (non-hydrogen) atoms. The van der Waals surface area contributed by atoms with Crippen LogP contribution in [0.2, 0.25) is 0 Å². The van der Waals surface area contributed by atoms with Gasteiger partial charge in [-0.25, -0.2) is 0 Å². The van der Waals surface area contributed by atoms with E-state index in [9.17, 15) is 0 Å². The van der Waals surface area contributed by atoms with Crippen molar-refractivity contribution in [1.29, 1.82) is 0 Å². The largest absolute Gasteiger partial charge is 0.379 e. The van der Waals surface area contributed by atoms with Crippen LogP contribution in [0, 0.1) is 0 Å². The summed E-state index contributed by atoms with van der Waals surface area (Å²) in [6, 6.07) is 0.614. The van der Waals surface area contributed by atoms with Crippen molar-refractivity contribution in [2.24, 2.45) is 0 Å². The highest BCUT2D eigenvalue weighted by atomic mass is 14.9. The highest BCUT2D eigenvalue weighted by Crippen LogP contribution is 2.08. The van der Waals surface area contributed by atoms with Gasteiger partial charge in [-0.15, -0.1) is 5.73 Å². The minimum Gasteiger partial charge on any atom is -0.379 e. The topological polar surface area (TPSA) is 12.0 Å². The molecule has 0 spiro atoms. The summed E-state index contributed by atoms with van der Waals surface area (Å²) in [5.74, 6) is 0. The summed E-state index contributed by atoms with van der Waals surface area (Å²) in [5.41, 5.74) is 4.56. The molecule has 1 unspecified atom stereocenters. The molecule has 0 aliphatic carbocycles. The van der Waals surface area contributed by atoms with Gasteiger partial charge in [0.25, 0.3) is 0 Å². The first-order valence-electron chi connectivity index (χ1n) is 4.53. The highest BCUT2D eigenvalue weighted by molar-refractivity contribution is 5.06. The van der Waals surface area contributed by atoms with Gasteiger partial charge in [0, 0.05) is 6.04 Å². The second kappa shape index (κ2) is 4.25. The molecule has 0 bridgehead atoms. The van der Waals surface area contributed by atoms with Crippen molar-refractivity contribution >= 4 is 0 Å². The lowest BCUT2D eigenvalue weighted by molar-refractivity contribution is 0.580. The summed E-state index contributed by atoms with van der Waals surface area (Å²) in [5, 5.41) is 3.43. The number of unbranched alkanes of at least 4 members (excludes halogenated alkanes) is 1. The third-order valence-electron chi connectivity index (χ3n) is 1.95. The molecule has 0 aromatic carbocycles. The molecule has 62 valence electrons. The van der Waals surface area contributed by atoms with Crippen LogP contribution in [-0.2, 0) is 0 Å². The molecule has 1 atom stereocenters. The molecular weight excluding hydrogens is 134 g/mol. The van der Waals surface area contributed by atoms with E-state index < -0.39 is 0 Å². The molecule has 1 heteroatoms. The third kappa shape index (κ3) is 2.81. The summed E-state index contributed by atoms with van der Waals surface area (Å²) in [6.07, 6.45) is 6.97. The molecular formula is C10H17N. The van der Waals surface area contributed by atoms with Crippen molar-refractivity contribution in [1.82, 2.24) is 5.32 Å². The molecule has 0 saturated carbocycles. The van der Waals surface area contributed by atoms with Crippen LogP contribution in [0.5, 0.6) is 0 Å². The molecule has 0 aromatic rings. The second-order valence-corrected chi connectivity index (χ2v) is 3.21. The Hall–Kier alpha value is -0.680. The Bertz CT molecular complexity index is 175. The van der Waals surface area contributed by atoms with E-state index in [-0.39, 0.29) is 0 Å². The van der Waals surface area contributed by atoms with E-state index in [0.717, 1.165) is 12.8 Å². The maximum Gasteiger partial charge on any atom is 0.0536 e. The predicted molar refractivity (Wildman–Crippen MR) is 48.3 cm³/mol. The molecule has 0 fully saturated rings. The van der Waals surface area contributed by atoms with Crippen molar-refractivity contribution in [2.75, 3.05) is 0 Å². The first kappa shape index (κ1) is 8.42. The van der Waals surface area contributed by atoms with Gasteiger partial charge in [-0.2, -0.15) is 0 Å². The van der Waals surface area contributed by atoms with Gasteiger partial charge in [-0.3, -0.25) is 0 Å². The molecule has 1 aliphatic rings. The van der Waals surface area contributed by atoms with Crippen LogP contribution >= 0.6 is 0 Å². The predicted octanol–water partition coefficient (Wildman–Crippen LogP) is 2.60. The Morgan fingerprint density at radius 1 is 1.73 bits per heavy atom. The van der Waals surface area contributed by atoms with Gasteiger partial charge in [0.15, 0.2) is 0 Å². The molecule has 1 N–H and O–H groups in total. The van der Waals surface area contributed by atoms with Crippen molar-refractivity contribution in [3.63, 3.8) is 0 Å². The smallest absolute Gasteiger partial charge is 0.0536 e. The first-order valence-corrected chi connectivity index (χ1v) is 4.53. The summed E-state index contributed by atoms with van der Waals surface area (Å²) in [6.45, 7) is 4.43. The van der Waals surface area contributed by atoms with Gasteiger partial charge >= 0.3 is 0 Å². The fourth-order valence-corrected chi connectivity index (χ4v) is 1.25. The van der Waals surface area contributed by atoms with Crippen molar-refractivity contribution in [3.8, 4) is 0 Å². The zero-order chi connectivity index (χ0) is 8.10. The zero-order valence-corrected chi connectivity index (χ0v) is 7.48. The lowest BCUT2D eigenvalue weighted by atomic mass is 10.1. The quantitative estimate of drug-likeness (QED) is 0.611. The normalized spacial score (nSPS) is 22.7. The van der Waals surface area contributed by atoms with Crippen LogP contribution in [0.15, 0.2) is 17.5 Å². The van der Waals surface area contributed by atoms with Crippen LogP contribution < -0.4 is 5.32 Å². The van der Waals surface area contributed by atoms with E-state index in [4.69, 9.17) is 0 Å².